The van der Waals surface area contributed by atoms with Gasteiger partial charge in [0, 0.05) is 18.1 Å². The average molecular weight is 269 g/mol. The molecule has 1 heterocycles. The third kappa shape index (κ3) is 3.69. The van der Waals surface area contributed by atoms with Crippen molar-refractivity contribution in [1.82, 2.24) is 9.80 Å². The lowest BCUT2D eigenvalue weighted by Gasteiger charge is -2.37. The maximum atomic E-state index is 9.50. The molecule has 2 aliphatic rings. The Morgan fingerprint density at radius 1 is 1.37 bits per heavy atom. The molecule has 0 aromatic carbocycles. The van der Waals surface area contributed by atoms with E-state index in [1.807, 2.05) is 0 Å². The summed E-state index contributed by atoms with van der Waals surface area (Å²) in [7, 11) is 4.46. The van der Waals surface area contributed by atoms with Crippen LogP contribution >= 0.6 is 0 Å². The molecule has 3 N–H and O–H groups in total. The van der Waals surface area contributed by atoms with Crippen LogP contribution < -0.4 is 5.73 Å². The van der Waals surface area contributed by atoms with Gasteiger partial charge in [0.2, 0.25) is 0 Å². The number of likely N-dealkylation sites (tertiary alicyclic amines) is 1. The second-order valence-corrected chi connectivity index (χ2v) is 6.81. The van der Waals surface area contributed by atoms with E-state index in [2.05, 4.69) is 23.9 Å². The predicted octanol–water partition coefficient (Wildman–Crippen LogP) is 0.892. The third-order valence-electron chi connectivity index (χ3n) is 5.36. The van der Waals surface area contributed by atoms with E-state index in [0.29, 0.717) is 12.0 Å². The summed E-state index contributed by atoms with van der Waals surface area (Å²) in [4.78, 5) is 4.94. The normalized spacial score (nSPS) is 37.1. The fourth-order valence-corrected chi connectivity index (χ4v) is 3.85. The zero-order chi connectivity index (χ0) is 13.9. The highest BCUT2D eigenvalue weighted by Gasteiger charge is 2.38. The first-order chi connectivity index (χ1) is 9.05. The molecule has 1 saturated carbocycles. The number of aliphatic hydroxyl groups is 1. The van der Waals surface area contributed by atoms with Gasteiger partial charge < -0.3 is 20.6 Å². The Kier molecular flexibility index (Phi) is 5.23. The van der Waals surface area contributed by atoms with Crippen molar-refractivity contribution >= 4 is 0 Å². The summed E-state index contributed by atoms with van der Waals surface area (Å²) in [5.74, 6) is 0.501. The number of piperidine rings is 1. The van der Waals surface area contributed by atoms with Crippen LogP contribution in [0.4, 0.5) is 0 Å². The van der Waals surface area contributed by atoms with Gasteiger partial charge in [-0.25, -0.2) is 0 Å². The van der Waals surface area contributed by atoms with E-state index in [0.717, 1.165) is 19.4 Å². The van der Waals surface area contributed by atoms with Crippen molar-refractivity contribution in [1.29, 1.82) is 0 Å². The summed E-state index contributed by atoms with van der Waals surface area (Å²) in [6.45, 7) is 3.69. The number of nitrogens with two attached hydrogens (primary N) is 1. The Bertz CT molecular complexity index is 287. The molecule has 1 saturated heterocycles. The molecule has 3 atom stereocenters. The van der Waals surface area contributed by atoms with Crippen LogP contribution in [0.15, 0.2) is 0 Å². The van der Waals surface area contributed by atoms with E-state index < -0.39 is 0 Å². The summed E-state index contributed by atoms with van der Waals surface area (Å²) < 4.78 is 0. The Morgan fingerprint density at radius 3 is 2.84 bits per heavy atom. The first-order valence-electron chi connectivity index (χ1n) is 7.83. The predicted molar refractivity (Wildman–Crippen MR) is 79.1 cm³/mol. The van der Waals surface area contributed by atoms with Gasteiger partial charge in [0.25, 0.3) is 0 Å². The van der Waals surface area contributed by atoms with E-state index in [1.54, 1.807) is 0 Å². The van der Waals surface area contributed by atoms with Crippen LogP contribution in [0.5, 0.6) is 0 Å². The molecule has 2 rings (SSSR count). The summed E-state index contributed by atoms with van der Waals surface area (Å²) in [6.07, 6.45) is 7.12. The molecule has 0 amide bonds. The summed E-state index contributed by atoms with van der Waals surface area (Å²) in [6, 6.07) is 0.696. The topological polar surface area (TPSA) is 52.7 Å². The van der Waals surface area contributed by atoms with E-state index in [4.69, 9.17) is 5.73 Å². The SMILES string of the molecule is CN1CCCC(N(C)CCC2CCCC2(N)CO)C1. The highest BCUT2D eigenvalue weighted by atomic mass is 16.3. The molecule has 19 heavy (non-hydrogen) atoms. The third-order valence-corrected chi connectivity index (χ3v) is 5.36. The highest BCUT2D eigenvalue weighted by Crippen LogP contribution is 2.35. The Hall–Kier alpha value is -0.160. The van der Waals surface area contributed by atoms with Gasteiger partial charge >= 0.3 is 0 Å². The van der Waals surface area contributed by atoms with Crippen molar-refractivity contribution in [2.24, 2.45) is 11.7 Å². The van der Waals surface area contributed by atoms with Crippen LogP contribution in [-0.2, 0) is 0 Å². The van der Waals surface area contributed by atoms with Crippen molar-refractivity contribution in [3.63, 3.8) is 0 Å². The molecule has 1 aliphatic carbocycles. The molecule has 3 unspecified atom stereocenters. The van der Waals surface area contributed by atoms with Crippen LogP contribution in [0.1, 0.15) is 38.5 Å². The monoisotopic (exact) mass is 269 g/mol. The van der Waals surface area contributed by atoms with Crippen molar-refractivity contribution < 1.29 is 5.11 Å². The first kappa shape index (κ1) is 15.2. The quantitative estimate of drug-likeness (QED) is 0.778. The molecule has 4 heteroatoms. The van der Waals surface area contributed by atoms with Crippen molar-refractivity contribution in [2.75, 3.05) is 40.3 Å². The number of aliphatic hydroxyl groups excluding tert-OH is 1. The molecule has 2 fully saturated rings. The number of hydrogen-bond donors (Lipinski definition) is 2. The van der Waals surface area contributed by atoms with Gasteiger partial charge in [0.1, 0.15) is 0 Å². The lowest BCUT2D eigenvalue weighted by Crippen LogP contribution is -2.49. The Morgan fingerprint density at radius 2 is 2.16 bits per heavy atom. The minimum absolute atomic E-state index is 0.146. The van der Waals surface area contributed by atoms with Gasteiger partial charge in [-0.3, -0.25) is 0 Å². The van der Waals surface area contributed by atoms with Crippen molar-refractivity contribution in [2.45, 2.75) is 50.1 Å². The van der Waals surface area contributed by atoms with E-state index >= 15 is 0 Å². The van der Waals surface area contributed by atoms with Gasteiger partial charge in [-0.2, -0.15) is 0 Å². The lowest BCUT2D eigenvalue weighted by molar-refractivity contribution is 0.112. The van der Waals surface area contributed by atoms with Crippen LogP contribution in [0, 0.1) is 5.92 Å². The summed E-state index contributed by atoms with van der Waals surface area (Å²) >= 11 is 0. The number of likely N-dealkylation sites (N-methyl/N-ethyl adjacent to an activating group) is 2. The van der Waals surface area contributed by atoms with E-state index in [1.165, 1.54) is 38.8 Å². The van der Waals surface area contributed by atoms with Crippen LogP contribution in [0.2, 0.25) is 0 Å². The second-order valence-electron chi connectivity index (χ2n) is 6.81. The smallest absolute Gasteiger partial charge is 0.0613 e. The molecule has 0 aromatic heterocycles. The maximum Gasteiger partial charge on any atom is 0.0613 e. The molecule has 0 spiro atoms. The van der Waals surface area contributed by atoms with E-state index in [9.17, 15) is 5.11 Å². The Balaban J connectivity index is 1.78. The minimum atomic E-state index is -0.301. The largest absolute Gasteiger partial charge is 0.394 e. The molecule has 4 nitrogen and oxygen atoms in total. The van der Waals surface area contributed by atoms with Crippen LogP contribution in [0.3, 0.4) is 0 Å². The maximum absolute atomic E-state index is 9.50. The van der Waals surface area contributed by atoms with Gasteiger partial charge in [-0.1, -0.05) is 6.42 Å². The number of rotatable bonds is 5. The van der Waals surface area contributed by atoms with Gasteiger partial charge in [0.15, 0.2) is 0 Å². The minimum Gasteiger partial charge on any atom is -0.394 e. The fourth-order valence-electron chi connectivity index (χ4n) is 3.85. The first-order valence-corrected chi connectivity index (χ1v) is 7.83. The second kappa shape index (κ2) is 6.53. The molecular formula is C15H31N3O. The highest BCUT2D eigenvalue weighted by molar-refractivity contribution is 4.96. The van der Waals surface area contributed by atoms with Gasteiger partial charge in [-0.05, 0) is 65.2 Å². The standard InChI is InChI=1S/C15H31N3O/c1-17-9-4-6-14(11-17)18(2)10-7-13-5-3-8-15(13,16)12-19/h13-14,19H,3-12,16H2,1-2H3. The number of nitrogens with zero attached hydrogens (tertiary/aromatic N) is 2. The molecule has 0 radical (unpaired) electrons. The zero-order valence-electron chi connectivity index (χ0n) is 12.6. The number of hydrogen-bond acceptors (Lipinski definition) is 4. The van der Waals surface area contributed by atoms with Crippen LogP contribution in [-0.4, -0.2) is 66.8 Å². The summed E-state index contributed by atoms with van der Waals surface area (Å²) in [5, 5.41) is 9.50. The molecular weight excluding hydrogens is 238 g/mol. The molecule has 0 bridgehead atoms. The fraction of sp³-hybridized carbons (Fsp3) is 1.00. The average Bonchev–Trinajstić information content (AvgIpc) is 2.78. The van der Waals surface area contributed by atoms with Crippen molar-refractivity contribution in [3.05, 3.63) is 0 Å². The lowest BCUT2D eigenvalue weighted by atomic mass is 9.86. The molecule has 112 valence electrons. The van der Waals surface area contributed by atoms with E-state index in [-0.39, 0.29) is 12.1 Å². The molecule has 1 aliphatic heterocycles. The Labute approximate surface area is 117 Å². The summed E-state index contributed by atoms with van der Waals surface area (Å²) in [5.41, 5.74) is 6.01. The van der Waals surface area contributed by atoms with Crippen molar-refractivity contribution in [3.8, 4) is 0 Å². The van der Waals surface area contributed by atoms with Gasteiger partial charge in [-0.15, -0.1) is 0 Å². The van der Waals surface area contributed by atoms with Gasteiger partial charge in [0.05, 0.1) is 6.61 Å². The molecule has 0 aromatic rings. The van der Waals surface area contributed by atoms with Crippen LogP contribution in [0.25, 0.3) is 0 Å². The zero-order valence-corrected chi connectivity index (χ0v) is 12.6.